The van der Waals surface area contributed by atoms with Crippen molar-refractivity contribution in [2.75, 3.05) is 33.3 Å². The maximum absolute atomic E-state index is 13.1. The zero-order valence-electron chi connectivity index (χ0n) is 18.4. The third-order valence-electron chi connectivity index (χ3n) is 6.29. The summed E-state index contributed by atoms with van der Waals surface area (Å²) in [5, 5.41) is 16.5. The van der Waals surface area contributed by atoms with Crippen LogP contribution in [0.5, 0.6) is 5.88 Å². The van der Waals surface area contributed by atoms with Gasteiger partial charge in [0.1, 0.15) is 0 Å². The van der Waals surface area contributed by atoms with Crippen molar-refractivity contribution in [3.63, 3.8) is 0 Å². The van der Waals surface area contributed by atoms with E-state index < -0.39 is 12.0 Å². The molecule has 2 atom stereocenters. The number of carbonyl (C=O) groups is 2. The van der Waals surface area contributed by atoms with E-state index in [0.717, 1.165) is 25.8 Å². The number of amides is 2. The molecule has 172 valence electrons. The molecule has 0 radical (unpaired) electrons. The number of nitrogens with zero attached hydrogens (tertiary/aromatic N) is 3. The second-order valence-corrected chi connectivity index (χ2v) is 8.38. The zero-order chi connectivity index (χ0) is 22.5. The number of carboxylic acid groups (broad SMARTS) is 1. The van der Waals surface area contributed by atoms with Gasteiger partial charge in [-0.15, -0.1) is 0 Å². The van der Waals surface area contributed by atoms with Crippen LogP contribution in [-0.2, 0) is 4.79 Å². The number of ether oxygens (including phenoxy) is 1. The topological polar surface area (TPSA) is 107 Å². The molecule has 0 aliphatic carbocycles. The van der Waals surface area contributed by atoms with Crippen LogP contribution in [0.25, 0.3) is 0 Å². The molecule has 9 nitrogen and oxygen atoms in total. The van der Waals surface area contributed by atoms with Gasteiger partial charge >= 0.3 is 12.0 Å². The number of aromatic nitrogens is 1. The highest BCUT2D eigenvalue weighted by molar-refractivity contribution is 5.78. The van der Waals surface area contributed by atoms with Crippen molar-refractivity contribution in [3.05, 3.63) is 47.3 Å². The number of piperidine rings is 1. The number of carbonyl (C=O) groups excluding carboxylic acids is 1. The molecule has 1 aromatic rings. The van der Waals surface area contributed by atoms with E-state index in [1.165, 1.54) is 24.8 Å². The third kappa shape index (κ3) is 5.04. The number of rotatable bonds is 9. The number of nitrogens with one attached hydrogen (secondary N) is 2. The van der Waals surface area contributed by atoms with Gasteiger partial charge in [0.05, 0.1) is 25.7 Å². The van der Waals surface area contributed by atoms with Crippen molar-refractivity contribution in [2.45, 2.75) is 44.3 Å². The molecule has 3 aliphatic rings. The standard InChI is InChI=1S/C23H31N5O4/c1-32-20-9-7-17(15-25-20)19(14-21(29)30)28-13-12-27(23(28)31)11-3-5-18-8-6-16-4-2-10-24-22(16)26-18/h6-9,15,19,22,24,26H,2-5,10-14H2,1H3,(H,29,30)/t19-,22?/m0/s1. The average molecular weight is 442 g/mol. The number of dihydropyridines is 1. The van der Waals surface area contributed by atoms with Gasteiger partial charge in [0.15, 0.2) is 0 Å². The third-order valence-corrected chi connectivity index (χ3v) is 6.29. The summed E-state index contributed by atoms with van der Waals surface area (Å²) in [6.45, 7) is 2.77. The van der Waals surface area contributed by atoms with E-state index in [0.29, 0.717) is 31.1 Å². The Bertz CT molecular complexity index is 898. The maximum atomic E-state index is 13.1. The summed E-state index contributed by atoms with van der Waals surface area (Å²) < 4.78 is 5.08. The Morgan fingerprint density at radius 1 is 1.34 bits per heavy atom. The predicted molar refractivity (Wildman–Crippen MR) is 119 cm³/mol. The summed E-state index contributed by atoms with van der Waals surface area (Å²) in [6, 6.07) is 2.80. The highest BCUT2D eigenvalue weighted by atomic mass is 16.5. The number of allylic oxidation sites excluding steroid dienone is 3. The van der Waals surface area contributed by atoms with Crippen LogP contribution in [0.3, 0.4) is 0 Å². The maximum Gasteiger partial charge on any atom is 0.320 e. The second-order valence-electron chi connectivity index (χ2n) is 8.38. The van der Waals surface area contributed by atoms with Gasteiger partial charge in [0.25, 0.3) is 0 Å². The molecule has 2 saturated heterocycles. The lowest BCUT2D eigenvalue weighted by molar-refractivity contribution is -0.138. The van der Waals surface area contributed by atoms with Gasteiger partial charge in [0.2, 0.25) is 5.88 Å². The Kier molecular flexibility index (Phi) is 6.94. The minimum Gasteiger partial charge on any atom is -0.481 e. The van der Waals surface area contributed by atoms with Crippen LogP contribution in [-0.4, -0.2) is 71.3 Å². The van der Waals surface area contributed by atoms with Crippen molar-refractivity contribution in [1.29, 1.82) is 0 Å². The quantitative estimate of drug-likeness (QED) is 0.540. The SMILES string of the molecule is COc1ccc([C@H](CC(=O)O)N2CCN(CCCC3=CC=C4CCCNC4N3)C2=O)cn1. The van der Waals surface area contributed by atoms with E-state index in [9.17, 15) is 14.7 Å². The Labute approximate surface area is 188 Å². The molecule has 2 fully saturated rings. The van der Waals surface area contributed by atoms with E-state index in [1.54, 1.807) is 23.2 Å². The molecule has 1 unspecified atom stereocenters. The van der Waals surface area contributed by atoms with Crippen LogP contribution >= 0.6 is 0 Å². The number of urea groups is 1. The van der Waals surface area contributed by atoms with Gasteiger partial charge in [-0.2, -0.15) is 0 Å². The minimum absolute atomic E-state index is 0.117. The van der Waals surface area contributed by atoms with Crippen molar-refractivity contribution in [2.24, 2.45) is 0 Å². The lowest BCUT2D eigenvalue weighted by Gasteiger charge is -2.32. The predicted octanol–water partition coefficient (Wildman–Crippen LogP) is 2.25. The Balaban J connectivity index is 1.34. The zero-order valence-corrected chi connectivity index (χ0v) is 18.4. The molecule has 0 aromatic carbocycles. The first-order chi connectivity index (χ1) is 15.5. The van der Waals surface area contributed by atoms with Crippen molar-refractivity contribution >= 4 is 12.0 Å². The van der Waals surface area contributed by atoms with Crippen LogP contribution in [0.1, 0.15) is 43.7 Å². The van der Waals surface area contributed by atoms with Gasteiger partial charge < -0.3 is 25.0 Å². The largest absolute Gasteiger partial charge is 0.481 e. The number of hydrogen-bond acceptors (Lipinski definition) is 6. The van der Waals surface area contributed by atoms with Crippen molar-refractivity contribution in [1.82, 2.24) is 25.4 Å². The number of carboxylic acids is 1. The van der Waals surface area contributed by atoms with E-state index in [-0.39, 0.29) is 18.6 Å². The summed E-state index contributed by atoms with van der Waals surface area (Å²) in [5.74, 6) is -0.496. The van der Waals surface area contributed by atoms with Crippen LogP contribution in [0.15, 0.2) is 41.8 Å². The Morgan fingerprint density at radius 3 is 2.97 bits per heavy atom. The number of methoxy groups -OCH3 is 1. The Morgan fingerprint density at radius 2 is 2.22 bits per heavy atom. The first kappa shape index (κ1) is 22.1. The fourth-order valence-corrected chi connectivity index (χ4v) is 4.58. The second kappa shape index (κ2) is 10.0. The monoisotopic (exact) mass is 441 g/mol. The molecule has 0 spiro atoms. The summed E-state index contributed by atoms with van der Waals surface area (Å²) in [5.41, 5.74) is 3.29. The molecule has 3 N–H and O–H groups in total. The van der Waals surface area contributed by atoms with E-state index in [1.807, 2.05) is 4.90 Å². The summed E-state index contributed by atoms with van der Waals surface area (Å²) in [6.07, 6.45) is 10.1. The fraction of sp³-hybridized carbons (Fsp3) is 0.522. The molecule has 0 bridgehead atoms. The number of pyridine rings is 1. The highest BCUT2D eigenvalue weighted by Crippen LogP contribution is 2.29. The minimum atomic E-state index is -0.948. The molecule has 2 amide bonds. The number of fused-ring (bicyclic) bond motifs is 1. The van der Waals surface area contributed by atoms with E-state index in [2.05, 4.69) is 27.8 Å². The molecule has 4 heterocycles. The number of aliphatic carboxylic acids is 1. The van der Waals surface area contributed by atoms with Gasteiger partial charge in [-0.25, -0.2) is 9.78 Å². The molecule has 3 aliphatic heterocycles. The average Bonchev–Trinajstić information content (AvgIpc) is 3.17. The summed E-state index contributed by atoms with van der Waals surface area (Å²) in [4.78, 5) is 32.2. The molecule has 4 rings (SSSR count). The van der Waals surface area contributed by atoms with Crippen molar-refractivity contribution in [3.8, 4) is 5.88 Å². The van der Waals surface area contributed by atoms with E-state index in [4.69, 9.17) is 4.74 Å². The van der Waals surface area contributed by atoms with Gasteiger partial charge in [-0.3, -0.25) is 10.1 Å². The molecule has 32 heavy (non-hydrogen) atoms. The highest BCUT2D eigenvalue weighted by Gasteiger charge is 2.35. The number of hydrogen-bond donors (Lipinski definition) is 3. The van der Waals surface area contributed by atoms with Crippen LogP contribution < -0.4 is 15.4 Å². The first-order valence-corrected chi connectivity index (χ1v) is 11.2. The van der Waals surface area contributed by atoms with Gasteiger partial charge in [-0.05, 0) is 49.4 Å². The lowest BCUT2D eigenvalue weighted by Crippen LogP contribution is -2.47. The molecule has 0 saturated carbocycles. The first-order valence-electron chi connectivity index (χ1n) is 11.2. The van der Waals surface area contributed by atoms with Gasteiger partial charge in [-0.1, -0.05) is 12.1 Å². The summed E-state index contributed by atoms with van der Waals surface area (Å²) in [7, 11) is 1.53. The fourth-order valence-electron chi connectivity index (χ4n) is 4.58. The molecule has 1 aromatic heterocycles. The molecular formula is C23H31N5O4. The lowest BCUT2D eigenvalue weighted by atomic mass is 9.99. The van der Waals surface area contributed by atoms with Gasteiger partial charge in [0, 0.05) is 37.6 Å². The normalized spacial score (nSPS) is 21.4. The molecule has 9 heteroatoms. The van der Waals surface area contributed by atoms with Crippen molar-refractivity contribution < 1.29 is 19.4 Å². The molecular weight excluding hydrogens is 410 g/mol. The van der Waals surface area contributed by atoms with Crippen LogP contribution in [0.2, 0.25) is 0 Å². The van der Waals surface area contributed by atoms with Crippen LogP contribution in [0, 0.1) is 0 Å². The smallest absolute Gasteiger partial charge is 0.320 e. The Hall–Kier alpha value is -3.07. The summed E-state index contributed by atoms with van der Waals surface area (Å²) >= 11 is 0. The van der Waals surface area contributed by atoms with Crippen LogP contribution in [0.4, 0.5) is 4.79 Å². The van der Waals surface area contributed by atoms with E-state index >= 15 is 0 Å².